The number of imidazole rings is 1. The van der Waals surface area contributed by atoms with E-state index < -0.39 is 5.97 Å². The Balaban J connectivity index is 1.64. The fourth-order valence-electron chi connectivity index (χ4n) is 3.55. The molecule has 8 heteroatoms. The fourth-order valence-corrected chi connectivity index (χ4v) is 3.75. The third-order valence-corrected chi connectivity index (χ3v) is 5.12. The third kappa shape index (κ3) is 3.82. The van der Waals surface area contributed by atoms with Crippen LogP contribution in [0.2, 0.25) is 5.02 Å². The summed E-state index contributed by atoms with van der Waals surface area (Å²) in [5.41, 5.74) is 3.56. The predicted octanol–water partition coefficient (Wildman–Crippen LogP) is 4.03. The number of hydrogen-bond donors (Lipinski definition) is 2. The van der Waals surface area contributed by atoms with Crippen molar-refractivity contribution in [1.29, 1.82) is 0 Å². The summed E-state index contributed by atoms with van der Waals surface area (Å²) in [4.78, 5) is 34.2. The molecule has 1 aromatic heterocycles. The van der Waals surface area contributed by atoms with E-state index in [4.69, 9.17) is 16.3 Å². The minimum Gasteiger partial charge on any atom is -0.465 e. The molecular weight excluding hydrogens is 392 g/mol. The van der Waals surface area contributed by atoms with Crippen LogP contribution in [0.4, 0.5) is 10.5 Å². The molecule has 1 aliphatic heterocycles. The van der Waals surface area contributed by atoms with Gasteiger partial charge in [-0.25, -0.2) is 14.6 Å². The molecule has 1 aliphatic rings. The molecule has 4 rings (SSSR count). The number of anilines is 1. The average Bonchev–Trinajstić information content (AvgIpc) is 3.21. The molecule has 2 amide bonds. The number of amides is 2. The van der Waals surface area contributed by atoms with Gasteiger partial charge in [0.05, 0.1) is 24.7 Å². The maximum Gasteiger partial charge on any atom is 0.337 e. The van der Waals surface area contributed by atoms with Crippen LogP contribution in [0.1, 0.15) is 33.4 Å². The minimum absolute atomic E-state index is 0.286. The number of fused-ring (bicyclic) bond motifs is 1. The summed E-state index contributed by atoms with van der Waals surface area (Å²) in [7, 11) is 1.32. The Morgan fingerprint density at radius 3 is 2.86 bits per heavy atom. The van der Waals surface area contributed by atoms with Crippen molar-refractivity contribution in [3.05, 3.63) is 82.4 Å². The molecule has 0 radical (unpaired) electrons. The largest absolute Gasteiger partial charge is 0.465 e. The normalized spacial score (nSPS) is 15.5. The maximum absolute atomic E-state index is 13.1. The second-order valence-corrected chi connectivity index (χ2v) is 7.11. The smallest absolute Gasteiger partial charge is 0.337 e. The molecule has 2 heterocycles. The number of rotatable bonds is 3. The lowest BCUT2D eigenvalue weighted by Gasteiger charge is -2.35. The first-order valence-corrected chi connectivity index (χ1v) is 9.48. The molecule has 0 fully saturated rings. The lowest BCUT2D eigenvalue weighted by molar-refractivity contribution is 0.0600. The first-order valence-electron chi connectivity index (χ1n) is 9.10. The second-order valence-electron chi connectivity index (χ2n) is 6.67. The summed E-state index contributed by atoms with van der Waals surface area (Å²) in [6.45, 7) is 0.509. The van der Waals surface area contributed by atoms with Crippen LogP contribution in [-0.4, -0.2) is 40.5 Å². The van der Waals surface area contributed by atoms with E-state index in [-0.39, 0.29) is 12.1 Å². The van der Waals surface area contributed by atoms with Gasteiger partial charge in [0, 0.05) is 29.4 Å². The van der Waals surface area contributed by atoms with E-state index in [1.165, 1.54) is 7.11 Å². The Bertz CT molecular complexity index is 1070. The quantitative estimate of drug-likeness (QED) is 0.638. The Morgan fingerprint density at radius 1 is 1.24 bits per heavy atom. The van der Waals surface area contributed by atoms with E-state index in [0.29, 0.717) is 29.2 Å². The lowest BCUT2D eigenvalue weighted by Crippen LogP contribution is -2.43. The number of H-pyrrole nitrogens is 1. The molecule has 0 spiro atoms. The number of halogens is 1. The number of carbonyl (C=O) groups is 2. The van der Waals surface area contributed by atoms with Crippen LogP contribution in [0, 0.1) is 0 Å². The molecule has 0 saturated heterocycles. The molecule has 29 heavy (non-hydrogen) atoms. The van der Waals surface area contributed by atoms with Crippen molar-refractivity contribution in [1.82, 2.24) is 14.9 Å². The molecule has 1 atom stereocenters. The Labute approximate surface area is 172 Å². The molecule has 0 aliphatic carbocycles. The average molecular weight is 411 g/mol. The molecule has 2 N–H and O–H groups in total. The van der Waals surface area contributed by atoms with Gasteiger partial charge in [0.25, 0.3) is 0 Å². The standard InChI is InChI=1S/C21H19ClN4O3/c1-29-20(27)14-5-3-7-16(11-14)25-21(28)26-9-8-17-18(24-12-23-17)19(26)13-4-2-6-15(22)10-13/h2-7,10-12,19H,8-9H2,1H3,(H,23,24)(H,25,28). The van der Waals surface area contributed by atoms with Crippen molar-refractivity contribution in [2.24, 2.45) is 0 Å². The molecular formula is C21H19ClN4O3. The van der Waals surface area contributed by atoms with Gasteiger partial charge >= 0.3 is 12.0 Å². The van der Waals surface area contributed by atoms with Gasteiger partial charge < -0.3 is 19.9 Å². The summed E-state index contributed by atoms with van der Waals surface area (Å²) in [6, 6.07) is 13.4. The number of nitrogens with zero attached hydrogens (tertiary/aromatic N) is 2. The highest BCUT2D eigenvalue weighted by molar-refractivity contribution is 6.30. The molecule has 148 valence electrons. The number of aromatic nitrogens is 2. The highest BCUT2D eigenvalue weighted by Gasteiger charge is 2.34. The van der Waals surface area contributed by atoms with Crippen molar-refractivity contribution in [2.75, 3.05) is 19.0 Å². The van der Waals surface area contributed by atoms with Crippen molar-refractivity contribution >= 4 is 29.3 Å². The van der Waals surface area contributed by atoms with Crippen LogP contribution in [0.25, 0.3) is 0 Å². The SMILES string of the molecule is COC(=O)c1cccc(NC(=O)N2CCc3[nH]cnc3C2c2cccc(Cl)c2)c1. The van der Waals surface area contributed by atoms with Crippen molar-refractivity contribution in [3.63, 3.8) is 0 Å². The third-order valence-electron chi connectivity index (χ3n) is 4.89. The van der Waals surface area contributed by atoms with E-state index >= 15 is 0 Å². The summed E-state index contributed by atoms with van der Waals surface area (Å²) < 4.78 is 4.74. The summed E-state index contributed by atoms with van der Waals surface area (Å²) in [5, 5.41) is 3.47. The number of hydrogen-bond acceptors (Lipinski definition) is 4. The molecule has 7 nitrogen and oxygen atoms in total. The summed E-state index contributed by atoms with van der Waals surface area (Å²) >= 11 is 6.19. The number of carbonyl (C=O) groups excluding carboxylic acids is 2. The number of nitrogens with one attached hydrogen (secondary N) is 2. The number of aromatic amines is 1. The van der Waals surface area contributed by atoms with Crippen LogP contribution >= 0.6 is 11.6 Å². The van der Waals surface area contributed by atoms with Gasteiger partial charge in [-0.15, -0.1) is 0 Å². The van der Waals surface area contributed by atoms with Gasteiger partial charge in [0.2, 0.25) is 0 Å². The molecule has 1 unspecified atom stereocenters. The fraction of sp³-hybridized carbons (Fsp3) is 0.190. The van der Waals surface area contributed by atoms with Crippen molar-refractivity contribution in [3.8, 4) is 0 Å². The first kappa shape index (κ1) is 19.0. The van der Waals surface area contributed by atoms with E-state index in [9.17, 15) is 9.59 Å². The number of benzene rings is 2. The van der Waals surface area contributed by atoms with Crippen LogP contribution in [0.3, 0.4) is 0 Å². The van der Waals surface area contributed by atoms with Gasteiger partial charge in [0.1, 0.15) is 6.04 Å². The Hall–Kier alpha value is -3.32. The first-order chi connectivity index (χ1) is 14.1. The van der Waals surface area contributed by atoms with Crippen LogP contribution in [0.15, 0.2) is 54.9 Å². The second kappa shape index (κ2) is 7.97. The number of esters is 1. The Morgan fingerprint density at radius 2 is 2.07 bits per heavy atom. The van der Waals surface area contributed by atoms with Gasteiger partial charge in [-0.2, -0.15) is 0 Å². The zero-order chi connectivity index (χ0) is 20.4. The highest BCUT2D eigenvalue weighted by atomic mass is 35.5. The van der Waals surface area contributed by atoms with Crippen LogP contribution < -0.4 is 5.32 Å². The van der Waals surface area contributed by atoms with E-state index in [0.717, 1.165) is 17.0 Å². The zero-order valence-electron chi connectivity index (χ0n) is 15.7. The molecule has 0 saturated carbocycles. The number of urea groups is 1. The maximum atomic E-state index is 13.1. The lowest BCUT2D eigenvalue weighted by atomic mass is 9.96. The van der Waals surface area contributed by atoms with Crippen molar-refractivity contribution < 1.29 is 14.3 Å². The van der Waals surface area contributed by atoms with E-state index in [1.807, 2.05) is 18.2 Å². The van der Waals surface area contributed by atoms with Gasteiger partial charge in [0.15, 0.2) is 0 Å². The predicted molar refractivity (Wildman–Crippen MR) is 109 cm³/mol. The molecule has 2 aromatic carbocycles. The molecule has 3 aromatic rings. The van der Waals surface area contributed by atoms with Crippen molar-refractivity contribution in [2.45, 2.75) is 12.5 Å². The zero-order valence-corrected chi connectivity index (χ0v) is 16.4. The summed E-state index contributed by atoms with van der Waals surface area (Å²) in [5.74, 6) is -0.461. The van der Waals surface area contributed by atoms with Gasteiger partial charge in [-0.3, -0.25) is 0 Å². The van der Waals surface area contributed by atoms with E-state index in [1.54, 1.807) is 41.6 Å². The summed E-state index contributed by atoms with van der Waals surface area (Å²) in [6.07, 6.45) is 2.31. The monoisotopic (exact) mass is 410 g/mol. The topological polar surface area (TPSA) is 87.3 Å². The molecule has 0 bridgehead atoms. The van der Waals surface area contributed by atoms with Gasteiger partial charge in [-0.05, 0) is 35.9 Å². The van der Waals surface area contributed by atoms with Crippen LogP contribution in [-0.2, 0) is 11.2 Å². The number of ether oxygens (including phenoxy) is 1. The van der Waals surface area contributed by atoms with Crippen LogP contribution in [0.5, 0.6) is 0 Å². The van der Waals surface area contributed by atoms with Gasteiger partial charge in [-0.1, -0.05) is 29.8 Å². The van der Waals surface area contributed by atoms with E-state index in [2.05, 4.69) is 15.3 Å². The number of methoxy groups -OCH3 is 1. The minimum atomic E-state index is -0.461. The Kier molecular flexibility index (Phi) is 5.22. The highest BCUT2D eigenvalue weighted by Crippen LogP contribution is 2.34.